The van der Waals surface area contributed by atoms with Crippen LogP contribution in [0.3, 0.4) is 0 Å². The molecule has 2 N–H and O–H groups in total. The first kappa shape index (κ1) is 12.8. The van der Waals surface area contributed by atoms with Crippen molar-refractivity contribution >= 4 is 23.5 Å². The number of pyridine rings is 1. The van der Waals surface area contributed by atoms with Gasteiger partial charge in [0.2, 0.25) is 0 Å². The molecule has 0 aromatic carbocycles. The summed E-state index contributed by atoms with van der Waals surface area (Å²) in [6.07, 6.45) is 3.60. The monoisotopic (exact) mass is 239 g/mol. The van der Waals surface area contributed by atoms with E-state index in [9.17, 15) is 4.79 Å². The van der Waals surface area contributed by atoms with Gasteiger partial charge in [0, 0.05) is 25.0 Å². The second-order valence-electron chi connectivity index (χ2n) is 3.21. The van der Waals surface area contributed by atoms with Crippen LogP contribution in [0.4, 0.5) is 5.82 Å². The van der Waals surface area contributed by atoms with Crippen molar-refractivity contribution in [2.24, 2.45) is 0 Å². The Balaban J connectivity index is 2.49. The molecular formula is C11H17N3OS. The van der Waals surface area contributed by atoms with Gasteiger partial charge >= 0.3 is 0 Å². The Kier molecular flexibility index (Phi) is 5.71. The normalized spacial score (nSPS) is 9.88. The highest BCUT2D eigenvalue weighted by Crippen LogP contribution is 2.04. The molecule has 0 atom stereocenters. The number of hydrogen-bond acceptors (Lipinski definition) is 4. The lowest BCUT2D eigenvalue weighted by Crippen LogP contribution is -2.25. The number of carbonyl (C=O) groups excluding carboxylic acids is 1. The first-order valence-electron chi connectivity index (χ1n) is 5.25. The Bertz CT molecular complexity index is 327. The number of nitrogens with zero attached hydrogens (tertiary/aromatic N) is 1. The van der Waals surface area contributed by atoms with E-state index in [0.29, 0.717) is 12.1 Å². The molecule has 0 aliphatic heterocycles. The maximum absolute atomic E-state index is 11.6. The Labute approximate surface area is 100 Å². The highest BCUT2D eigenvalue weighted by molar-refractivity contribution is 7.98. The average Bonchev–Trinajstić information content (AvgIpc) is 2.30. The van der Waals surface area contributed by atoms with Crippen LogP contribution < -0.4 is 10.6 Å². The number of anilines is 1. The Hall–Kier alpha value is -1.23. The van der Waals surface area contributed by atoms with E-state index in [-0.39, 0.29) is 5.91 Å². The number of hydrogen-bond donors (Lipinski definition) is 2. The molecular weight excluding hydrogens is 222 g/mol. The van der Waals surface area contributed by atoms with Crippen LogP contribution in [0, 0.1) is 0 Å². The Morgan fingerprint density at radius 1 is 1.50 bits per heavy atom. The molecule has 0 saturated carbocycles. The van der Waals surface area contributed by atoms with Crippen LogP contribution in [0.1, 0.15) is 17.3 Å². The fraction of sp³-hybridized carbons (Fsp3) is 0.455. The number of rotatable bonds is 6. The molecule has 0 radical (unpaired) electrons. The number of nitrogens with one attached hydrogen (secondary N) is 2. The fourth-order valence-corrected chi connectivity index (χ4v) is 1.49. The van der Waals surface area contributed by atoms with Gasteiger partial charge in [-0.15, -0.1) is 0 Å². The second-order valence-corrected chi connectivity index (χ2v) is 4.20. The molecule has 4 nitrogen and oxygen atoms in total. The SMILES string of the molecule is CCNc1ccc(C(=O)NCCSC)cn1. The lowest BCUT2D eigenvalue weighted by molar-refractivity contribution is 0.0956. The van der Waals surface area contributed by atoms with Crippen molar-refractivity contribution in [3.05, 3.63) is 23.9 Å². The van der Waals surface area contributed by atoms with Crippen molar-refractivity contribution in [1.29, 1.82) is 0 Å². The van der Waals surface area contributed by atoms with Crippen LogP contribution in [0.2, 0.25) is 0 Å². The smallest absolute Gasteiger partial charge is 0.252 e. The zero-order valence-corrected chi connectivity index (χ0v) is 10.4. The first-order valence-corrected chi connectivity index (χ1v) is 6.64. The number of amides is 1. The number of carbonyl (C=O) groups is 1. The summed E-state index contributed by atoms with van der Waals surface area (Å²) >= 11 is 1.71. The van der Waals surface area contributed by atoms with E-state index in [1.165, 1.54) is 0 Å². The van der Waals surface area contributed by atoms with Gasteiger partial charge < -0.3 is 10.6 Å². The summed E-state index contributed by atoms with van der Waals surface area (Å²) in [5, 5.41) is 5.91. The van der Waals surface area contributed by atoms with Crippen LogP contribution in [-0.4, -0.2) is 36.0 Å². The molecule has 1 amide bonds. The highest BCUT2D eigenvalue weighted by Gasteiger charge is 2.04. The summed E-state index contributed by atoms with van der Waals surface area (Å²) < 4.78 is 0. The molecule has 1 rings (SSSR count). The van der Waals surface area contributed by atoms with Crippen molar-refractivity contribution in [2.45, 2.75) is 6.92 Å². The molecule has 0 spiro atoms. The lowest BCUT2D eigenvalue weighted by atomic mass is 10.2. The summed E-state index contributed by atoms with van der Waals surface area (Å²) in [5.74, 6) is 1.65. The molecule has 1 aromatic rings. The van der Waals surface area contributed by atoms with Gasteiger partial charge in [0.05, 0.1) is 5.56 Å². The minimum Gasteiger partial charge on any atom is -0.370 e. The van der Waals surface area contributed by atoms with E-state index >= 15 is 0 Å². The van der Waals surface area contributed by atoms with Gasteiger partial charge in [-0.1, -0.05) is 0 Å². The third-order valence-electron chi connectivity index (χ3n) is 1.98. The highest BCUT2D eigenvalue weighted by atomic mass is 32.2. The Morgan fingerprint density at radius 2 is 2.31 bits per heavy atom. The average molecular weight is 239 g/mol. The van der Waals surface area contributed by atoms with Crippen molar-refractivity contribution in [1.82, 2.24) is 10.3 Å². The molecule has 5 heteroatoms. The predicted octanol–water partition coefficient (Wildman–Crippen LogP) is 1.61. The zero-order valence-electron chi connectivity index (χ0n) is 9.62. The summed E-state index contributed by atoms with van der Waals surface area (Å²) in [6.45, 7) is 3.52. The maximum Gasteiger partial charge on any atom is 0.252 e. The van der Waals surface area contributed by atoms with Crippen LogP contribution in [0.15, 0.2) is 18.3 Å². The molecule has 88 valence electrons. The predicted molar refractivity (Wildman–Crippen MR) is 69.1 cm³/mol. The van der Waals surface area contributed by atoms with Crippen LogP contribution in [0.25, 0.3) is 0 Å². The van der Waals surface area contributed by atoms with Gasteiger partial charge in [-0.3, -0.25) is 4.79 Å². The summed E-state index contributed by atoms with van der Waals surface area (Å²) in [6, 6.07) is 3.59. The standard InChI is InChI=1S/C11H17N3OS/c1-3-12-10-5-4-9(8-14-10)11(15)13-6-7-16-2/h4-5,8H,3,6-7H2,1-2H3,(H,12,14)(H,13,15). The number of aromatic nitrogens is 1. The van der Waals surface area contributed by atoms with E-state index in [4.69, 9.17) is 0 Å². The molecule has 1 heterocycles. The van der Waals surface area contributed by atoms with Gasteiger partial charge in [0.25, 0.3) is 5.91 Å². The molecule has 0 fully saturated rings. The van der Waals surface area contributed by atoms with Crippen molar-refractivity contribution < 1.29 is 4.79 Å². The maximum atomic E-state index is 11.6. The van der Waals surface area contributed by atoms with Gasteiger partial charge in [-0.05, 0) is 25.3 Å². The third-order valence-corrected chi connectivity index (χ3v) is 2.59. The molecule has 1 aromatic heterocycles. The van der Waals surface area contributed by atoms with Crippen molar-refractivity contribution in [3.8, 4) is 0 Å². The molecule has 16 heavy (non-hydrogen) atoms. The van der Waals surface area contributed by atoms with Crippen molar-refractivity contribution in [2.75, 3.05) is 30.4 Å². The van der Waals surface area contributed by atoms with Crippen LogP contribution >= 0.6 is 11.8 Å². The van der Waals surface area contributed by atoms with Gasteiger partial charge in [-0.25, -0.2) is 4.98 Å². The minimum absolute atomic E-state index is 0.0652. The molecule has 0 saturated heterocycles. The van der Waals surface area contributed by atoms with Gasteiger partial charge in [0.1, 0.15) is 5.82 Å². The fourth-order valence-electron chi connectivity index (χ4n) is 1.18. The van der Waals surface area contributed by atoms with E-state index in [1.54, 1.807) is 24.0 Å². The van der Waals surface area contributed by atoms with Crippen LogP contribution in [0.5, 0.6) is 0 Å². The second kappa shape index (κ2) is 7.11. The first-order chi connectivity index (χ1) is 7.77. The molecule has 0 aliphatic rings. The van der Waals surface area contributed by atoms with E-state index in [0.717, 1.165) is 18.1 Å². The topological polar surface area (TPSA) is 54.0 Å². The minimum atomic E-state index is -0.0652. The van der Waals surface area contributed by atoms with Crippen molar-refractivity contribution in [3.63, 3.8) is 0 Å². The van der Waals surface area contributed by atoms with Gasteiger partial charge in [-0.2, -0.15) is 11.8 Å². The third kappa shape index (κ3) is 4.10. The Morgan fingerprint density at radius 3 is 2.88 bits per heavy atom. The quantitative estimate of drug-likeness (QED) is 0.740. The van der Waals surface area contributed by atoms with Gasteiger partial charge in [0.15, 0.2) is 0 Å². The largest absolute Gasteiger partial charge is 0.370 e. The summed E-state index contributed by atoms with van der Waals surface area (Å²) in [5.41, 5.74) is 0.600. The number of thioether (sulfide) groups is 1. The van der Waals surface area contributed by atoms with Crippen LogP contribution in [-0.2, 0) is 0 Å². The van der Waals surface area contributed by atoms with E-state index < -0.39 is 0 Å². The molecule has 0 bridgehead atoms. The lowest BCUT2D eigenvalue weighted by Gasteiger charge is -2.05. The summed E-state index contributed by atoms with van der Waals surface area (Å²) in [7, 11) is 0. The van der Waals surface area contributed by atoms with E-state index in [1.807, 2.05) is 19.2 Å². The summed E-state index contributed by atoms with van der Waals surface area (Å²) in [4.78, 5) is 15.7. The zero-order chi connectivity index (χ0) is 11.8. The van der Waals surface area contributed by atoms with E-state index in [2.05, 4.69) is 15.6 Å². The molecule has 0 aliphatic carbocycles. The molecule has 0 unspecified atom stereocenters.